The first-order valence-corrected chi connectivity index (χ1v) is 15.5. The Hall–Kier alpha value is -3.16. The highest BCUT2D eigenvalue weighted by Crippen LogP contribution is 2.43. The zero-order valence-electron chi connectivity index (χ0n) is 23.7. The number of halogens is 1. The molecule has 214 valence electrons. The van der Waals surface area contributed by atoms with Crippen molar-refractivity contribution in [1.29, 1.82) is 0 Å². The van der Waals surface area contributed by atoms with E-state index in [4.69, 9.17) is 4.74 Å². The highest BCUT2D eigenvalue weighted by molar-refractivity contribution is 9.10. The van der Waals surface area contributed by atoms with Gasteiger partial charge in [-0.2, -0.15) is 0 Å². The lowest BCUT2D eigenvalue weighted by atomic mass is 9.76. The van der Waals surface area contributed by atoms with Crippen molar-refractivity contribution in [3.8, 4) is 5.75 Å². The van der Waals surface area contributed by atoms with Crippen molar-refractivity contribution in [3.05, 3.63) is 100 Å². The summed E-state index contributed by atoms with van der Waals surface area (Å²) >= 11 is 3.50. The van der Waals surface area contributed by atoms with Crippen molar-refractivity contribution in [1.82, 2.24) is 14.7 Å². The maximum Gasteiger partial charge on any atom is 0.254 e. The molecule has 3 heterocycles. The normalized spacial score (nSPS) is 22.4. The van der Waals surface area contributed by atoms with E-state index >= 15 is 0 Å². The largest absolute Gasteiger partial charge is 0.497 e. The average molecular weight is 617 g/mol. The van der Waals surface area contributed by atoms with Crippen molar-refractivity contribution in [3.63, 3.8) is 0 Å². The molecular weight excluding hydrogens is 578 g/mol. The monoisotopic (exact) mass is 615 g/mol. The fraction of sp³-hybridized carbons (Fsp3) is 0.412. The third kappa shape index (κ3) is 5.93. The molecule has 2 atom stereocenters. The summed E-state index contributed by atoms with van der Waals surface area (Å²) in [6.45, 7) is 5.78. The van der Waals surface area contributed by atoms with Crippen molar-refractivity contribution in [2.75, 3.05) is 46.4 Å². The lowest BCUT2D eigenvalue weighted by molar-refractivity contribution is -0.139. The van der Waals surface area contributed by atoms with Gasteiger partial charge in [0.25, 0.3) is 5.91 Å². The Morgan fingerprint density at radius 3 is 2.39 bits per heavy atom. The Morgan fingerprint density at radius 2 is 1.66 bits per heavy atom. The Bertz CT molecular complexity index is 1370. The van der Waals surface area contributed by atoms with Crippen LogP contribution in [0.2, 0.25) is 0 Å². The van der Waals surface area contributed by atoms with Crippen LogP contribution in [0.3, 0.4) is 0 Å². The Balaban J connectivity index is 1.11. The molecule has 0 unspecified atom stereocenters. The van der Waals surface area contributed by atoms with Crippen LogP contribution in [0.5, 0.6) is 5.75 Å². The topological polar surface area (TPSA) is 53.1 Å². The van der Waals surface area contributed by atoms with Crippen molar-refractivity contribution in [2.24, 2.45) is 11.3 Å². The molecule has 3 fully saturated rings. The van der Waals surface area contributed by atoms with E-state index < -0.39 is 0 Å². The number of nitrogens with zero attached hydrogens (tertiary/aromatic N) is 3. The minimum Gasteiger partial charge on any atom is -0.497 e. The van der Waals surface area contributed by atoms with Gasteiger partial charge in [-0.05, 0) is 79.7 Å². The van der Waals surface area contributed by atoms with Gasteiger partial charge in [0.05, 0.1) is 12.5 Å². The second kappa shape index (κ2) is 12.0. The standard InChI is InChI=1S/C34H38BrN3O3/c1-41-30-9-5-8-27(20-30)32(39)38-23-28(31(24-38)26-6-3-2-4-7-26)22-36-17-14-34(15-18-36)16-19-37(33(34)40)21-25-10-12-29(35)13-11-25/h2-13,20,28,31H,14-19,21-24H2,1H3/t28-,31+/m0/s1. The highest BCUT2D eigenvalue weighted by atomic mass is 79.9. The molecule has 0 N–H and O–H groups in total. The SMILES string of the molecule is COc1cccc(C(=O)N2C[C@H](CN3CCC4(CC3)CCN(Cc3ccc(Br)cc3)C4=O)[C@@H](c3ccccc3)C2)c1. The van der Waals surface area contributed by atoms with Crippen LogP contribution >= 0.6 is 15.9 Å². The van der Waals surface area contributed by atoms with Crippen LogP contribution in [-0.2, 0) is 11.3 Å². The van der Waals surface area contributed by atoms with Gasteiger partial charge in [-0.3, -0.25) is 9.59 Å². The van der Waals surface area contributed by atoms with Gasteiger partial charge < -0.3 is 19.4 Å². The molecule has 0 bridgehead atoms. The van der Waals surface area contributed by atoms with Crippen LogP contribution in [0.15, 0.2) is 83.3 Å². The molecule has 6 nitrogen and oxygen atoms in total. The van der Waals surface area contributed by atoms with Gasteiger partial charge in [-0.1, -0.05) is 64.5 Å². The summed E-state index contributed by atoms with van der Waals surface area (Å²) in [5.74, 6) is 1.72. The minimum absolute atomic E-state index is 0.0624. The molecule has 0 saturated carbocycles. The van der Waals surface area contributed by atoms with Gasteiger partial charge in [0, 0.05) is 48.7 Å². The molecule has 3 aliphatic heterocycles. The molecule has 3 aromatic carbocycles. The van der Waals surface area contributed by atoms with E-state index in [-0.39, 0.29) is 17.2 Å². The predicted octanol–water partition coefficient (Wildman–Crippen LogP) is 5.83. The minimum atomic E-state index is -0.214. The molecule has 0 radical (unpaired) electrons. The molecule has 3 saturated heterocycles. The third-order valence-electron chi connectivity index (χ3n) is 9.47. The summed E-state index contributed by atoms with van der Waals surface area (Å²) in [7, 11) is 1.63. The fourth-order valence-electron chi connectivity index (χ4n) is 7.05. The number of rotatable bonds is 7. The molecule has 3 aliphatic rings. The van der Waals surface area contributed by atoms with Gasteiger partial charge in [-0.15, -0.1) is 0 Å². The van der Waals surface area contributed by atoms with Gasteiger partial charge in [0.1, 0.15) is 5.75 Å². The lowest BCUT2D eigenvalue weighted by Crippen LogP contribution is -2.46. The Kier molecular flexibility index (Phi) is 8.18. The zero-order chi connectivity index (χ0) is 28.4. The number of carbonyl (C=O) groups is 2. The van der Waals surface area contributed by atoms with Gasteiger partial charge in [0.15, 0.2) is 0 Å². The first-order chi connectivity index (χ1) is 19.9. The molecule has 6 rings (SSSR count). The number of likely N-dealkylation sites (tertiary alicyclic amines) is 3. The van der Waals surface area contributed by atoms with Crippen LogP contribution in [0.1, 0.15) is 46.7 Å². The van der Waals surface area contributed by atoms with E-state index in [1.807, 2.05) is 41.3 Å². The molecule has 1 spiro atoms. The molecule has 0 aromatic heterocycles. The van der Waals surface area contributed by atoms with Gasteiger partial charge >= 0.3 is 0 Å². The molecule has 7 heteroatoms. The number of hydrogen-bond donors (Lipinski definition) is 0. The van der Waals surface area contributed by atoms with E-state index in [0.717, 1.165) is 56.5 Å². The first-order valence-electron chi connectivity index (χ1n) is 14.7. The molecular formula is C34H38BrN3O3. The predicted molar refractivity (Wildman–Crippen MR) is 164 cm³/mol. The lowest BCUT2D eigenvalue weighted by Gasteiger charge is -2.39. The summed E-state index contributed by atoms with van der Waals surface area (Å²) in [6.07, 6.45) is 2.78. The maximum atomic E-state index is 13.6. The van der Waals surface area contributed by atoms with Crippen molar-refractivity contribution < 1.29 is 14.3 Å². The van der Waals surface area contributed by atoms with Gasteiger partial charge in [-0.25, -0.2) is 0 Å². The Morgan fingerprint density at radius 1 is 0.927 bits per heavy atom. The summed E-state index contributed by atoms with van der Waals surface area (Å²) in [5.41, 5.74) is 2.93. The quantitative estimate of drug-likeness (QED) is 0.336. The van der Waals surface area contributed by atoms with E-state index in [1.165, 1.54) is 11.1 Å². The second-order valence-electron chi connectivity index (χ2n) is 11.9. The molecule has 2 amide bonds. The van der Waals surface area contributed by atoms with Crippen LogP contribution in [0.25, 0.3) is 0 Å². The first kappa shape index (κ1) is 28.0. The number of hydrogen-bond acceptors (Lipinski definition) is 4. The molecule has 41 heavy (non-hydrogen) atoms. The van der Waals surface area contributed by atoms with E-state index in [0.29, 0.717) is 36.2 Å². The number of ether oxygens (including phenoxy) is 1. The van der Waals surface area contributed by atoms with Crippen LogP contribution < -0.4 is 4.74 Å². The number of amides is 2. The molecule has 3 aromatic rings. The van der Waals surface area contributed by atoms with E-state index in [9.17, 15) is 9.59 Å². The number of methoxy groups -OCH3 is 1. The average Bonchev–Trinajstić information content (AvgIpc) is 3.56. The summed E-state index contributed by atoms with van der Waals surface area (Å²) in [5, 5.41) is 0. The highest BCUT2D eigenvalue weighted by Gasteiger charge is 2.48. The van der Waals surface area contributed by atoms with Gasteiger partial charge in [0.2, 0.25) is 5.91 Å². The van der Waals surface area contributed by atoms with E-state index in [1.54, 1.807) is 7.11 Å². The van der Waals surface area contributed by atoms with Crippen LogP contribution in [-0.4, -0.2) is 72.9 Å². The summed E-state index contributed by atoms with van der Waals surface area (Å²) in [4.78, 5) is 33.7. The third-order valence-corrected chi connectivity index (χ3v) is 10.00. The van der Waals surface area contributed by atoms with Crippen LogP contribution in [0.4, 0.5) is 0 Å². The number of piperidine rings is 1. The Labute approximate surface area is 251 Å². The van der Waals surface area contributed by atoms with Crippen LogP contribution in [0, 0.1) is 11.3 Å². The van der Waals surface area contributed by atoms with Crippen molar-refractivity contribution in [2.45, 2.75) is 31.7 Å². The van der Waals surface area contributed by atoms with E-state index in [2.05, 4.69) is 68.2 Å². The maximum absolute atomic E-state index is 13.6. The smallest absolute Gasteiger partial charge is 0.254 e. The summed E-state index contributed by atoms with van der Waals surface area (Å²) < 4.78 is 6.42. The zero-order valence-corrected chi connectivity index (χ0v) is 25.3. The second-order valence-corrected chi connectivity index (χ2v) is 12.8. The number of benzene rings is 3. The van der Waals surface area contributed by atoms with Crippen molar-refractivity contribution >= 4 is 27.7 Å². The summed E-state index contributed by atoms with van der Waals surface area (Å²) in [6, 6.07) is 26.4. The number of carbonyl (C=O) groups excluding carboxylic acids is 2. The fourth-order valence-corrected chi connectivity index (χ4v) is 7.32. The molecule has 0 aliphatic carbocycles.